The Balaban J connectivity index is 1.38. The molecule has 2 N–H and O–H groups in total. The molecule has 1 aliphatic rings. The van der Waals surface area contributed by atoms with Crippen LogP contribution in [0, 0.1) is 0 Å². The number of anilines is 2. The molecule has 3 aromatic rings. The maximum Gasteiger partial charge on any atom is 0.358 e. The van der Waals surface area contributed by atoms with Gasteiger partial charge in [-0.05, 0) is 37.3 Å². The van der Waals surface area contributed by atoms with Gasteiger partial charge in [0.05, 0.1) is 25.5 Å². The van der Waals surface area contributed by atoms with Crippen LogP contribution in [0.1, 0.15) is 23.0 Å². The summed E-state index contributed by atoms with van der Waals surface area (Å²) < 4.78 is 11.9. The van der Waals surface area contributed by atoms with Crippen LogP contribution in [0.2, 0.25) is 0 Å². The molecule has 1 saturated heterocycles. The Labute approximate surface area is 191 Å². The number of rotatable bonds is 7. The number of morpholine rings is 1. The molecular formula is C23H26N6O4. The second-order valence-corrected chi connectivity index (χ2v) is 7.31. The molecule has 0 radical (unpaired) electrons. The van der Waals surface area contributed by atoms with Gasteiger partial charge < -0.3 is 25.0 Å². The third kappa shape index (κ3) is 5.66. The van der Waals surface area contributed by atoms with Gasteiger partial charge in [0.2, 0.25) is 0 Å². The van der Waals surface area contributed by atoms with Gasteiger partial charge in [-0.3, -0.25) is 0 Å². The lowest BCUT2D eigenvalue weighted by Gasteiger charge is -2.29. The van der Waals surface area contributed by atoms with E-state index in [-0.39, 0.29) is 18.3 Å². The third-order valence-corrected chi connectivity index (χ3v) is 5.06. The Kier molecular flexibility index (Phi) is 7.16. The first kappa shape index (κ1) is 22.3. The van der Waals surface area contributed by atoms with Crippen LogP contribution >= 0.6 is 0 Å². The number of carbonyl (C=O) groups is 2. The monoisotopic (exact) mass is 450 g/mol. The molecule has 4 rings (SSSR count). The quantitative estimate of drug-likeness (QED) is 0.532. The summed E-state index contributed by atoms with van der Waals surface area (Å²) in [5.74, 6) is 0.385. The molecule has 0 saturated carbocycles. The number of ether oxygens (including phenoxy) is 2. The lowest BCUT2D eigenvalue weighted by Crippen LogP contribution is -2.38. The normalized spacial score (nSPS) is 13.4. The summed E-state index contributed by atoms with van der Waals surface area (Å²) in [6.07, 6.45) is 3.42. The number of urea groups is 1. The highest BCUT2D eigenvalue weighted by Gasteiger charge is 2.16. The van der Waals surface area contributed by atoms with Gasteiger partial charge in [0.25, 0.3) is 0 Å². The number of benzene rings is 1. The zero-order valence-corrected chi connectivity index (χ0v) is 18.4. The minimum absolute atomic E-state index is 0.223. The highest BCUT2D eigenvalue weighted by atomic mass is 16.5. The fraction of sp³-hybridized carbons (Fsp3) is 0.304. The van der Waals surface area contributed by atoms with Crippen molar-refractivity contribution in [2.45, 2.75) is 13.5 Å². The summed E-state index contributed by atoms with van der Waals surface area (Å²) in [7, 11) is 0. The molecule has 1 fully saturated rings. The minimum atomic E-state index is -0.475. The van der Waals surface area contributed by atoms with E-state index in [4.69, 9.17) is 9.47 Å². The molecular weight excluding hydrogens is 424 g/mol. The Hall–Kier alpha value is -3.92. The zero-order chi connectivity index (χ0) is 23.0. The third-order valence-electron chi connectivity index (χ3n) is 5.06. The van der Waals surface area contributed by atoms with Crippen molar-refractivity contribution in [2.24, 2.45) is 0 Å². The first-order valence-corrected chi connectivity index (χ1v) is 10.8. The maximum absolute atomic E-state index is 12.5. The summed E-state index contributed by atoms with van der Waals surface area (Å²) in [5.41, 5.74) is 2.45. The zero-order valence-electron chi connectivity index (χ0n) is 18.4. The molecule has 1 aromatic carbocycles. The number of esters is 1. The molecule has 0 spiro atoms. The van der Waals surface area contributed by atoms with E-state index < -0.39 is 5.97 Å². The van der Waals surface area contributed by atoms with Gasteiger partial charge in [-0.2, -0.15) is 5.10 Å². The van der Waals surface area contributed by atoms with Crippen molar-refractivity contribution in [3.05, 3.63) is 66.1 Å². The van der Waals surface area contributed by atoms with E-state index in [0.29, 0.717) is 31.1 Å². The lowest BCUT2D eigenvalue weighted by molar-refractivity contribution is 0.0519. The Morgan fingerprint density at radius 3 is 2.82 bits per heavy atom. The molecule has 2 amide bonds. The fourth-order valence-corrected chi connectivity index (χ4v) is 3.49. The Morgan fingerprint density at radius 1 is 1.15 bits per heavy atom. The van der Waals surface area contributed by atoms with Crippen LogP contribution < -0.4 is 15.5 Å². The van der Waals surface area contributed by atoms with Gasteiger partial charge in [0.15, 0.2) is 5.69 Å². The maximum atomic E-state index is 12.5. The summed E-state index contributed by atoms with van der Waals surface area (Å²) in [4.78, 5) is 31.0. The van der Waals surface area contributed by atoms with Crippen LogP contribution in [0.25, 0.3) is 5.69 Å². The van der Waals surface area contributed by atoms with E-state index in [2.05, 4.69) is 25.6 Å². The molecule has 172 valence electrons. The van der Waals surface area contributed by atoms with Crippen LogP contribution in [0.15, 0.2) is 54.9 Å². The van der Waals surface area contributed by atoms with Crippen LogP contribution in [0.3, 0.4) is 0 Å². The van der Waals surface area contributed by atoms with Crippen LogP contribution in [0.5, 0.6) is 0 Å². The van der Waals surface area contributed by atoms with E-state index in [1.807, 2.05) is 18.2 Å². The van der Waals surface area contributed by atoms with Crippen molar-refractivity contribution in [1.82, 2.24) is 20.1 Å². The number of nitrogens with one attached hydrogen (secondary N) is 2. The number of amides is 2. The van der Waals surface area contributed by atoms with E-state index >= 15 is 0 Å². The molecule has 2 aromatic heterocycles. The second kappa shape index (κ2) is 10.6. The van der Waals surface area contributed by atoms with Crippen molar-refractivity contribution in [3.63, 3.8) is 0 Å². The molecule has 0 aliphatic carbocycles. The van der Waals surface area contributed by atoms with Gasteiger partial charge in [-0.25, -0.2) is 19.3 Å². The number of pyridine rings is 1. The summed E-state index contributed by atoms with van der Waals surface area (Å²) in [5, 5.41) is 9.96. The average Bonchev–Trinajstić information content (AvgIpc) is 3.35. The van der Waals surface area contributed by atoms with Crippen LogP contribution in [0.4, 0.5) is 16.3 Å². The van der Waals surface area contributed by atoms with Gasteiger partial charge in [0, 0.05) is 43.3 Å². The predicted octanol–water partition coefficient (Wildman–Crippen LogP) is 2.60. The van der Waals surface area contributed by atoms with Crippen molar-refractivity contribution >= 4 is 23.5 Å². The molecule has 0 atom stereocenters. The van der Waals surface area contributed by atoms with Gasteiger partial charge >= 0.3 is 12.0 Å². The topological polar surface area (TPSA) is 111 Å². The van der Waals surface area contributed by atoms with Crippen LogP contribution in [-0.4, -0.2) is 59.7 Å². The summed E-state index contributed by atoms with van der Waals surface area (Å²) in [6.45, 7) is 5.24. The van der Waals surface area contributed by atoms with Gasteiger partial charge in [-0.1, -0.05) is 12.1 Å². The van der Waals surface area contributed by atoms with Crippen molar-refractivity contribution < 1.29 is 19.1 Å². The Bertz CT molecular complexity index is 1110. The van der Waals surface area contributed by atoms with Crippen molar-refractivity contribution in [3.8, 4) is 5.69 Å². The van der Waals surface area contributed by atoms with E-state index in [9.17, 15) is 9.59 Å². The standard InChI is InChI=1S/C23H26N6O4/c1-2-33-22(30)20-8-10-29(27-20)19-7-3-6-18(15-19)26-23(31)25-16-17-5-4-9-24-21(17)28-11-13-32-14-12-28/h3-10,15H,2,11-14,16H2,1H3,(H2,25,26,31). The smallest absolute Gasteiger partial charge is 0.358 e. The van der Waals surface area contributed by atoms with Crippen molar-refractivity contribution in [1.29, 1.82) is 0 Å². The fourth-order valence-electron chi connectivity index (χ4n) is 3.49. The lowest BCUT2D eigenvalue weighted by atomic mass is 10.2. The molecule has 10 heteroatoms. The summed E-state index contributed by atoms with van der Waals surface area (Å²) >= 11 is 0. The Morgan fingerprint density at radius 2 is 2.00 bits per heavy atom. The average molecular weight is 450 g/mol. The predicted molar refractivity (Wildman–Crippen MR) is 123 cm³/mol. The number of hydrogen-bond acceptors (Lipinski definition) is 7. The number of nitrogens with zero attached hydrogens (tertiary/aromatic N) is 4. The van der Waals surface area contributed by atoms with Gasteiger partial charge in [0.1, 0.15) is 5.82 Å². The van der Waals surface area contributed by atoms with E-state index in [0.717, 1.165) is 24.5 Å². The summed E-state index contributed by atoms with van der Waals surface area (Å²) in [6, 6.07) is 12.2. The first-order valence-electron chi connectivity index (χ1n) is 10.8. The molecule has 0 bridgehead atoms. The largest absolute Gasteiger partial charge is 0.461 e. The number of aromatic nitrogens is 3. The molecule has 3 heterocycles. The van der Waals surface area contributed by atoms with Crippen molar-refractivity contribution in [2.75, 3.05) is 43.1 Å². The highest BCUT2D eigenvalue weighted by molar-refractivity contribution is 5.89. The van der Waals surface area contributed by atoms with Crippen LogP contribution in [-0.2, 0) is 16.0 Å². The molecule has 0 unspecified atom stereocenters. The highest BCUT2D eigenvalue weighted by Crippen LogP contribution is 2.19. The molecule has 33 heavy (non-hydrogen) atoms. The minimum Gasteiger partial charge on any atom is -0.461 e. The molecule has 10 nitrogen and oxygen atoms in total. The first-order chi connectivity index (χ1) is 16.1. The number of carbonyl (C=O) groups excluding carboxylic acids is 2. The van der Waals surface area contributed by atoms with E-state index in [1.165, 1.54) is 0 Å². The molecule has 1 aliphatic heterocycles. The van der Waals surface area contributed by atoms with Gasteiger partial charge in [-0.15, -0.1) is 0 Å². The van der Waals surface area contributed by atoms with E-state index in [1.54, 1.807) is 48.3 Å². The number of hydrogen-bond donors (Lipinski definition) is 2. The second-order valence-electron chi connectivity index (χ2n) is 7.31. The SMILES string of the molecule is CCOC(=O)c1ccn(-c2cccc(NC(=O)NCc3cccnc3N3CCOCC3)c2)n1.